The highest BCUT2D eigenvalue weighted by molar-refractivity contribution is 7.89. The van der Waals surface area contributed by atoms with Gasteiger partial charge in [0, 0.05) is 18.3 Å². The molecule has 8 heteroatoms. The number of hydrogen-bond acceptors (Lipinski definition) is 5. The first-order valence-electron chi connectivity index (χ1n) is 7.12. The standard InChI is InChI=1S/C13H19N3O3S2/c1-3-21(18,19)16-5-4-11-12(16)6-13(17)15(11)7-10-8-20-9(2)14-10/h8,11-12H,3-7H2,1-2H3/t11-,12+/m0/s1. The van der Waals surface area contributed by atoms with Crippen LogP contribution in [0.25, 0.3) is 0 Å². The van der Waals surface area contributed by atoms with E-state index >= 15 is 0 Å². The lowest BCUT2D eigenvalue weighted by molar-refractivity contribution is -0.129. The number of likely N-dealkylation sites (tertiary alicyclic amines) is 1. The van der Waals surface area contributed by atoms with E-state index in [1.165, 1.54) is 4.31 Å². The molecule has 6 nitrogen and oxygen atoms in total. The van der Waals surface area contributed by atoms with Crippen molar-refractivity contribution in [2.45, 2.75) is 45.3 Å². The normalized spacial score (nSPS) is 26.6. The molecular weight excluding hydrogens is 310 g/mol. The first-order chi connectivity index (χ1) is 9.92. The molecule has 2 aliphatic rings. The predicted octanol–water partition coefficient (Wildman–Crippen LogP) is 0.976. The van der Waals surface area contributed by atoms with Crippen LogP contribution >= 0.6 is 11.3 Å². The molecule has 2 saturated heterocycles. The van der Waals surface area contributed by atoms with Gasteiger partial charge in [-0.15, -0.1) is 11.3 Å². The molecule has 0 spiro atoms. The van der Waals surface area contributed by atoms with Crippen LogP contribution in [-0.2, 0) is 21.4 Å². The van der Waals surface area contributed by atoms with Gasteiger partial charge in [0.1, 0.15) is 0 Å². The van der Waals surface area contributed by atoms with Crippen molar-refractivity contribution in [1.82, 2.24) is 14.2 Å². The van der Waals surface area contributed by atoms with E-state index in [1.54, 1.807) is 18.3 Å². The van der Waals surface area contributed by atoms with Crippen LogP contribution in [0.1, 0.15) is 30.5 Å². The maximum absolute atomic E-state index is 12.2. The van der Waals surface area contributed by atoms with E-state index in [1.807, 2.05) is 17.2 Å². The van der Waals surface area contributed by atoms with Gasteiger partial charge in [-0.25, -0.2) is 13.4 Å². The second kappa shape index (κ2) is 5.33. The highest BCUT2D eigenvalue weighted by Crippen LogP contribution is 2.35. The SMILES string of the molecule is CCS(=O)(=O)N1CC[C@H]2[C@H]1CC(=O)N2Cc1csc(C)n1. The Balaban J connectivity index is 1.79. The third-order valence-corrected chi connectivity index (χ3v) is 7.00. The average Bonchev–Trinajstić information content (AvgIpc) is 3.09. The van der Waals surface area contributed by atoms with Gasteiger partial charge in [0.15, 0.2) is 0 Å². The summed E-state index contributed by atoms with van der Waals surface area (Å²) < 4.78 is 25.7. The third-order valence-electron chi connectivity index (χ3n) is 4.28. The molecule has 0 bridgehead atoms. The molecule has 1 amide bonds. The number of amides is 1. The van der Waals surface area contributed by atoms with Gasteiger partial charge in [0.05, 0.1) is 35.1 Å². The van der Waals surface area contributed by atoms with Gasteiger partial charge in [-0.3, -0.25) is 4.79 Å². The molecule has 2 atom stereocenters. The van der Waals surface area contributed by atoms with E-state index in [2.05, 4.69) is 4.98 Å². The summed E-state index contributed by atoms with van der Waals surface area (Å²) in [4.78, 5) is 18.4. The minimum absolute atomic E-state index is 0.000770. The lowest BCUT2D eigenvalue weighted by Gasteiger charge is -2.24. The van der Waals surface area contributed by atoms with Gasteiger partial charge in [-0.1, -0.05) is 0 Å². The summed E-state index contributed by atoms with van der Waals surface area (Å²) in [6.45, 7) is 4.60. The number of rotatable bonds is 4. The lowest BCUT2D eigenvalue weighted by atomic mass is 10.1. The Labute approximate surface area is 128 Å². The molecule has 2 fully saturated rings. The van der Waals surface area contributed by atoms with Gasteiger partial charge < -0.3 is 4.90 Å². The number of nitrogens with zero attached hydrogens (tertiary/aromatic N) is 3. The minimum atomic E-state index is -3.23. The van der Waals surface area contributed by atoms with Gasteiger partial charge in [-0.2, -0.15) is 4.31 Å². The smallest absolute Gasteiger partial charge is 0.224 e. The quantitative estimate of drug-likeness (QED) is 0.825. The molecule has 21 heavy (non-hydrogen) atoms. The maximum atomic E-state index is 12.2. The summed E-state index contributed by atoms with van der Waals surface area (Å²) >= 11 is 1.57. The number of aryl methyl sites for hydroxylation is 1. The van der Waals surface area contributed by atoms with Crippen LogP contribution < -0.4 is 0 Å². The number of hydrogen-bond donors (Lipinski definition) is 0. The van der Waals surface area contributed by atoms with Crippen LogP contribution in [0.5, 0.6) is 0 Å². The Bertz CT molecular complexity index is 655. The second-order valence-electron chi connectivity index (χ2n) is 5.52. The topological polar surface area (TPSA) is 70.6 Å². The average molecular weight is 329 g/mol. The first-order valence-corrected chi connectivity index (χ1v) is 9.61. The van der Waals surface area contributed by atoms with Crippen molar-refractivity contribution >= 4 is 27.3 Å². The van der Waals surface area contributed by atoms with Crippen molar-refractivity contribution in [3.63, 3.8) is 0 Å². The van der Waals surface area contributed by atoms with Gasteiger partial charge >= 0.3 is 0 Å². The summed E-state index contributed by atoms with van der Waals surface area (Å²) in [6, 6.07) is -0.192. The number of carbonyl (C=O) groups excluding carboxylic acids is 1. The van der Waals surface area contributed by atoms with E-state index in [0.717, 1.165) is 17.1 Å². The van der Waals surface area contributed by atoms with Crippen molar-refractivity contribution in [1.29, 1.82) is 0 Å². The van der Waals surface area contributed by atoms with E-state index in [0.29, 0.717) is 19.5 Å². The molecule has 0 N–H and O–H groups in total. The van der Waals surface area contributed by atoms with E-state index in [-0.39, 0.29) is 23.7 Å². The molecule has 3 rings (SSSR count). The fourth-order valence-corrected chi connectivity index (χ4v) is 5.21. The predicted molar refractivity (Wildman–Crippen MR) is 80.4 cm³/mol. The molecule has 116 valence electrons. The molecule has 2 aliphatic heterocycles. The summed E-state index contributed by atoms with van der Waals surface area (Å²) in [7, 11) is -3.23. The fraction of sp³-hybridized carbons (Fsp3) is 0.692. The molecule has 1 aromatic rings. The molecule has 0 saturated carbocycles. The van der Waals surface area contributed by atoms with Crippen molar-refractivity contribution in [3.8, 4) is 0 Å². The van der Waals surface area contributed by atoms with Crippen LogP contribution in [-0.4, -0.2) is 52.9 Å². The Morgan fingerprint density at radius 2 is 2.19 bits per heavy atom. The Kier molecular flexibility index (Phi) is 3.79. The van der Waals surface area contributed by atoms with Crippen LogP contribution in [0.2, 0.25) is 0 Å². The third kappa shape index (κ3) is 2.60. The van der Waals surface area contributed by atoms with Gasteiger partial charge in [0.2, 0.25) is 15.9 Å². The number of sulfonamides is 1. The fourth-order valence-electron chi connectivity index (χ4n) is 3.26. The lowest BCUT2D eigenvalue weighted by Crippen LogP contribution is -2.40. The number of carbonyl (C=O) groups is 1. The molecule has 0 aromatic carbocycles. The van der Waals surface area contributed by atoms with Gasteiger partial charge in [0.25, 0.3) is 0 Å². The molecule has 0 unspecified atom stereocenters. The van der Waals surface area contributed by atoms with Crippen molar-refractivity contribution in [2.24, 2.45) is 0 Å². The number of thiazole rings is 1. The van der Waals surface area contributed by atoms with Crippen molar-refractivity contribution in [2.75, 3.05) is 12.3 Å². The van der Waals surface area contributed by atoms with Crippen LogP contribution in [0, 0.1) is 6.92 Å². The largest absolute Gasteiger partial charge is 0.332 e. The van der Waals surface area contributed by atoms with Crippen LogP contribution in [0.15, 0.2) is 5.38 Å². The molecule has 3 heterocycles. The van der Waals surface area contributed by atoms with Crippen LogP contribution in [0.3, 0.4) is 0 Å². The van der Waals surface area contributed by atoms with Crippen LogP contribution in [0.4, 0.5) is 0 Å². The summed E-state index contributed by atoms with van der Waals surface area (Å²) in [5.74, 6) is 0.127. The molecule has 0 aliphatic carbocycles. The summed E-state index contributed by atoms with van der Waals surface area (Å²) in [5, 5.41) is 2.95. The van der Waals surface area contributed by atoms with Crippen molar-refractivity contribution < 1.29 is 13.2 Å². The number of fused-ring (bicyclic) bond motifs is 1. The number of aromatic nitrogens is 1. The zero-order valence-electron chi connectivity index (χ0n) is 12.2. The van der Waals surface area contributed by atoms with E-state index in [9.17, 15) is 13.2 Å². The Hall–Kier alpha value is -0.990. The summed E-state index contributed by atoms with van der Waals surface area (Å²) in [5.41, 5.74) is 0.892. The Morgan fingerprint density at radius 3 is 2.81 bits per heavy atom. The maximum Gasteiger partial charge on any atom is 0.224 e. The zero-order chi connectivity index (χ0) is 15.2. The monoisotopic (exact) mass is 329 g/mol. The molecular formula is C13H19N3O3S2. The molecule has 0 radical (unpaired) electrons. The van der Waals surface area contributed by atoms with Gasteiger partial charge in [-0.05, 0) is 20.3 Å². The first kappa shape index (κ1) is 14.9. The minimum Gasteiger partial charge on any atom is -0.332 e. The van der Waals surface area contributed by atoms with E-state index < -0.39 is 10.0 Å². The van der Waals surface area contributed by atoms with E-state index in [4.69, 9.17) is 0 Å². The zero-order valence-corrected chi connectivity index (χ0v) is 13.8. The van der Waals surface area contributed by atoms with Crippen molar-refractivity contribution in [3.05, 3.63) is 16.1 Å². The molecule has 1 aromatic heterocycles. The second-order valence-corrected chi connectivity index (χ2v) is 8.79. The highest BCUT2D eigenvalue weighted by atomic mass is 32.2. The highest BCUT2D eigenvalue weighted by Gasteiger charge is 2.50. The Morgan fingerprint density at radius 1 is 1.43 bits per heavy atom. The summed E-state index contributed by atoms with van der Waals surface area (Å²) in [6.07, 6.45) is 1.02.